The molecular weight excluding hydrogens is 242 g/mol. The van der Waals surface area contributed by atoms with Crippen molar-refractivity contribution in [2.75, 3.05) is 6.54 Å². The van der Waals surface area contributed by atoms with Crippen molar-refractivity contribution < 1.29 is 9.53 Å². The molecule has 19 heavy (non-hydrogen) atoms. The first-order valence-electron chi connectivity index (χ1n) is 6.49. The SMILES string of the molecule is CCCNC(=O)C(C)Oc1nn(C)c2ccccc12. The van der Waals surface area contributed by atoms with Gasteiger partial charge < -0.3 is 10.1 Å². The fourth-order valence-electron chi connectivity index (χ4n) is 1.88. The maximum absolute atomic E-state index is 11.8. The zero-order chi connectivity index (χ0) is 13.8. The van der Waals surface area contributed by atoms with Crippen LogP contribution in [0.3, 0.4) is 0 Å². The summed E-state index contributed by atoms with van der Waals surface area (Å²) in [6, 6.07) is 7.79. The van der Waals surface area contributed by atoms with Gasteiger partial charge >= 0.3 is 0 Å². The van der Waals surface area contributed by atoms with Crippen molar-refractivity contribution >= 4 is 16.8 Å². The number of benzene rings is 1. The molecule has 1 aromatic carbocycles. The van der Waals surface area contributed by atoms with E-state index in [9.17, 15) is 4.79 Å². The number of nitrogens with zero attached hydrogens (tertiary/aromatic N) is 2. The van der Waals surface area contributed by atoms with Crippen LogP contribution in [0.2, 0.25) is 0 Å². The van der Waals surface area contributed by atoms with E-state index in [-0.39, 0.29) is 5.91 Å². The van der Waals surface area contributed by atoms with Gasteiger partial charge in [-0.25, -0.2) is 0 Å². The van der Waals surface area contributed by atoms with Crippen LogP contribution in [0.25, 0.3) is 10.9 Å². The number of aryl methyl sites for hydroxylation is 1. The first kappa shape index (κ1) is 13.4. The van der Waals surface area contributed by atoms with Crippen LogP contribution < -0.4 is 10.1 Å². The van der Waals surface area contributed by atoms with E-state index in [1.807, 2.05) is 38.2 Å². The van der Waals surface area contributed by atoms with Crippen molar-refractivity contribution in [2.24, 2.45) is 7.05 Å². The van der Waals surface area contributed by atoms with Crippen molar-refractivity contribution in [1.29, 1.82) is 0 Å². The van der Waals surface area contributed by atoms with E-state index >= 15 is 0 Å². The summed E-state index contributed by atoms with van der Waals surface area (Å²) in [4.78, 5) is 11.8. The van der Waals surface area contributed by atoms with Gasteiger partial charge in [0.25, 0.3) is 5.91 Å². The molecule has 0 saturated heterocycles. The molecule has 1 heterocycles. The number of rotatable bonds is 5. The number of para-hydroxylation sites is 1. The molecule has 1 amide bonds. The minimum Gasteiger partial charge on any atom is -0.463 e. The number of carbonyl (C=O) groups is 1. The van der Waals surface area contributed by atoms with Crippen LogP contribution in [0.15, 0.2) is 24.3 Å². The normalized spacial score (nSPS) is 12.4. The topological polar surface area (TPSA) is 56.1 Å². The Bertz CT molecular complexity index is 577. The highest BCUT2D eigenvalue weighted by molar-refractivity contribution is 5.85. The third kappa shape index (κ3) is 2.86. The van der Waals surface area contributed by atoms with Crippen molar-refractivity contribution in [3.05, 3.63) is 24.3 Å². The number of nitrogens with one attached hydrogen (secondary N) is 1. The highest BCUT2D eigenvalue weighted by Crippen LogP contribution is 2.24. The second-order valence-electron chi connectivity index (χ2n) is 4.50. The lowest BCUT2D eigenvalue weighted by Gasteiger charge is -2.12. The Labute approximate surface area is 112 Å². The smallest absolute Gasteiger partial charge is 0.260 e. The Morgan fingerprint density at radius 2 is 2.21 bits per heavy atom. The van der Waals surface area contributed by atoms with E-state index in [2.05, 4.69) is 10.4 Å². The van der Waals surface area contributed by atoms with Crippen molar-refractivity contribution in [3.8, 4) is 5.88 Å². The van der Waals surface area contributed by atoms with Gasteiger partial charge in [0, 0.05) is 13.6 Å². The summed E-state index contributed by atoms with van der Waals surface area (Å²) in [6.07, 6.45) is 0.357. The summed E-state index contributed by atoms with van der Waals surface area (Å²) in [5, 5.41) is 8.03. The van der Waals surface area contributed by atoms with E-state index < -0.39 is 6.10 Å². The van der Waals surface area contributed by atoms with Crippen LogP contribution in [0.4, 0.5) is 0 Å². The van der Waals surface area contributed by atoms with Crippen LogP contribution in [-0.4, -0.2) is 28.3 Å². The monoisotopic (exact) mass is 261 g/mol. The van der Waals surface area contributed by atoms with Gasteiger partial charge in [0.1, 0.15) is 0 Å². The third-order valence-electron chi connectivity index (χ3n) is 2.93. The second kappa shape index (κ2) is 5.73. The Balaban J connectivity index is 2.15. The summed E-state index contributed by atoms with van der Waals surface area (Å²) >= 11 is 0. The lowest BCUT2D eigenvalue weighted by molar-refractivity contribution is -0.127. The van der Waals surface area contributed by atoms with Crippen molar-refractivity contribution in [1.82, 2.24) is 15.1 Å². The van der Waals surface area contributed by atoms with Gasteiger partial charge in [0.15, 0.2) is 6.10 Å². The Morgan fingerprint density at radius 3 is 2.95 bits per heavy atom. The molecule has 0 aliphatic carbocycles. The molecule has 2 rings (SSSR count). The van der Waals surface area contributed by atoms with E-state index in [0.29, 0.717) is 12.4 Å². The average Bonchev–Trinajstić information content (AvgIpc) is 2.73. The summed E-state index contributed by atoms with van der Waals surface area (Å²) in [7, 11) is 1.86. The number of aromatic nitrogens is 2. The lowest BCUT2D eigenvalue weighted by Crippen LogP contribution is -2.36. The van der Waals surface area contributed by atoms with Crippen LogP contribution >= 0.6 is 0 Å². The number of hydrogen-bond acceptors (Lipinski definition) is 3. The molecule has 1 atom stereocenters. The molecule has 0 aliphatic heterocycles. The molecule has 1 aromatic heterocycles. The average molecular weight is 261 g/mol. The summed E-state index contributed by atoms with van der Waals surface area (Å²) in [5.41, 5.74) is 0.985. The maximum Gasteiger partial charge on any atom is 0.260 e. The van der Waals surface area contributed by atoms with Crippen molar-refractivity contribution in [2.45, 2.75) is 26.4 Å². The number of amides is 1. The molecular formula is C14H19N3O2. The molecule has 1 unspecified atom stereocenters. The number of fused-ring (bicyclic) bond motifs is 1. The molecule has 0 fully saturated rings. The second-order valence-corrected chi connectivity index (χ2v) is 4.50. The first-order chi connectivity index (χ1) is 9.13. The quantitative estimate of drug-likeness (QED) is 0.894. The Hall–Kier alpha value is -2.04. The van der Waals surface area contributed by atoms with Gasteiger partial charge in [0.2, 0.25) is 5.88 Å². The summed E-state index contributed by atoms with van der Waals surface area (Å²) in [6.45, 7) is 4.40. The van der Waals surface area contributed by atoms with Crippen LogP contribution in [-0.2, 0) is 11.8 Å². The van der Waals surface area contributed by atoms with Gasteiger partial charge in [-0.05, 0) is 25.5 Å². The van der Waals surface area contributed by atoms with Gasteiger partial charge in [-0.3, -0.25) is 9.48 Å². The molecule has 0 aliphatic rings. The fourth-order valence-corrected chi connectivity index (χ4v) is 1.88. The molecule has 0 spiro atoms. The van der Waals surface area contributed by atoms with E-state index in [1.54, 1.807) is 11.6 Å². The Kier molecular flexibility index (Phi) is 4.04. The van der Waals surface area contributed by atoms with Crippen LogP contribution in [0, 0.1) is 0 Å². The Morgan fingerprint density at radius 1 is 1.47 bits per heavy atom. The summed E-state index contributed by atoms with van der Waals surface area (Å²) < 4.78 is 7.41. The predicted molar refractivity (Wildman–Crippen MR) is 74.1 cm³/mol. The van der Waals surface area contributed by atoms with Crippen LogP contribution in [0.5, 0.6) is 5.88 Å². The van der Waals surface area contributed by atoms with Crippen molar-refractivity contribution in [3.63, 3.8) is 0 Å². The maximum atomic E-state index is 11.8. The molecule has 0 bridgehead atoms. The zero-order valence-corrected chi connectivity index (χ0v) is 11.5. The van der Waals surface area contributed by atoms with Gasteiger partial charge in [-0.1, -0.05) is 19.1 Å². The molecule has 102 valence electrons. The highest BCUT2D eigenvalue weighted by Gasteiger charge is 2.17. The molecule has 5 heteroatoms. The van der Waals surface area contributed by atoms with E-state index in [1.165, 1.54) is 0 Å². The van der Waals surface area contributed by atoms with Gasteiger partial charge in [-0.2, -0.15) is 0 Å². The largest absolute Gasteiger partial charge is 0.463 e. The molecule has 5 nitrogen and oxygen atoms in total. The minimum atomic E-state index is -0.551. The number of hydrogen-bond donors (Lipinski definition) is 1. The fraction of sp³-hybridized carbons (Fsp3) is 0.429. The van der Waals surface area contributed by atoms with Gasteiger partial charge in [-0.15, -0.1) is 5.10 Å². The molecule has 0 saturated carbocycles. The van der Waals surface area contributed by atoms with E-state index in [4.69, 9.17) is 4.74 Å². The minimum absolute atomic E-state index is 0.114. The van der Waals surface area contributed by atoms with Crippen LogP contribution in [0.1, 0.15) is 20.3 Å². The number of ether oxygens (including phenoxy) is 1. The van der Waals surface area contributed by atoms with Gasteiger partial charge in [0.05, 0.1) is 10.9 Å². The molecule has 0 radical (unpaired) electrons. The highest BCUT2D eigenvalue weighted by atomic mass is 16.5. The lowest BCUT2D eigenvalue weighted by atomic mass is 10.2. The molecule has 2 aromatic rings. The van der Waals surface area contributed by atoms with E-state index in [0.717, 1.165) is 17.3 Å². The molecule has 1 N–H and O–H groups in total. The zero-order valence-electron chi connectivity index (χ0n) is 11.5. The standard InChI is InChI=1S/C14H19N3O2/c1-4-9-15-13(18)10(2)19-14-11-7-5-6-8-12(11)17(3)16-14/h5-8,10H,4,9H2,1-3H3,(H,15,18). The predicted octanol–water partition coefficient (Wildman–Crippen LogP) is 1.87. The third-order valence-corrected chi connectivity index (χ3v) is 2.93. The summed E-state index contributed by atoms with van der Waals surface area (Å²) in [5.74, 6) is 0.383. The first-order valence-corrected chi connectivity index (χ1v) is 6.49. The number of carbonyl (C=O) groups excluding carboxylic acids is 1.